The van der Waals surface area contributed by atoms with Crippen molar-refractivity contribution in [1.29, 1.82) is 0 Å². The van der Waals surface area contributed by atoms with Gasteiger partial charge in [0.05, 0.1) is 18.8 Å². The summed E-state index contributed by atoms with van der Waals surface area (Å²) in [5.74, 6) is -0.139. The summed E-state index contributed by atoms with van der Waals surface area (Å²) in [6.45, 7) is 0.715. The van der Waals surface area contributed by atoms with Crippen molar-refractivity contribution in [3.8, 4) is 0 Å². The van der Waals surface area contributed by atoms with Crippen molar-refractivity contribution in [2.45, 2.75) is 18.9 Å². The number of aliphatic hydroxyl groups is 1. The van der Waals surface area contributed by atoms with E-state index in [2.05, 4.69) is 9.97 Å². The topological polar surface area (TPSA) is 66.3 Å². The standard InChI is InChI=1S/C10H13N3O2/c14-7-8-2-1-5-13(8)10(15)9-6-11-3-4-12-9/h3-4,6,8,14H,1-2,5,7H2/t8-/m1/s1. The first kappa shape index (κ1) is 10.0. The Morgan fingerprint density at radius 2 is 2.47 bits per heavy atom. The van der Waals surface area contributed by atoms with Crippen LogP contribution >= 0.6 is 0 Å². The van der Waals surface area contributed by atoms with Gasteiger partial charge in [-0.2, -0.15) is 0 Å². The van der Waals surface area contributed by atoms with Crippen LogP contribution in [0, 0.1) is 0 Å². The Kier molecular flexibility index (Phi) is 2.91. The van der Waals surface area contributed by atoms with Gasteiger partial charge in [0, 0.05) is 18.9 Å². The van der Waals surface area contributed by atoms with E-state index in [1.165, 1.54) is 18.6 Å². The van der Waals surface area contributed by atoms with E-state index in [1.54, 1.807) is 4.90 Å². The molecule has 80 valence electrons. The number of carbonyl (C=O) groups excluding carboxylic acids is 1. The molecule has 1 aromatic rings. The molecular formula is C10H13N3O2. The lowest BCUT2D eigenvalue weighted by Gasteiger charge is -2.22. The minimum absolute atomic E-state index is 0.0198. The van der Waals surface area contributed by atoms with Gasteiger partial charge in [-0.25, -0.2) is 4.98 Å². The SMILES string of the molecule is O=C(c1cnccn1)N1CCC[C@@H]1CO. The number of hydrogen-bond acceptors (Lipinski definition) is 4. The van der Waals surface area contributed by atoms with Crippen molar-refractivity contribution in [3.63, 3.8) is 0 Å². The molecule has 1 amide bonds. The third-order valence-corrected chi connectivity index (χ3v) is 2.63. The number of likely N-dealkylation sites (tertiary alicyclic amines) is 1. The minimum atomic E-state index is -0.139. The van der Waals surface area contributed by atoms with Crippen LogP contribution in [0.4, 0.5) is 0 Å². The Bertz CT molecular complexity index is 342. The largest absolute Gasteiger partial charge is 0.394 e. The molecule has 0 bridgehead atoms. The summed E-state index contributed by atoms with van der Waals surface area (Å²) in [5.41, 5.74) is 0.345. The molecule has 1 N–H and O–H groups in total. The highest BCUT2D eigenvalue weighted by molar-refractivity contribution is 5.92. The molecule has 1 atom stereocenters. The van der Waals surface area contributed by atoms with E-state index in [9.17, 15) is 4.79 Å². The zero-order valence-corrected chi connectivity index (χ0v) is 8.33. The maximum atomic E-state index is 11.9. The number of nitrogens with zero attached hydrogens (tertiary/aromatic N) is 3. The molecule has 15 heavy (non-hydrogen) atoms. The average molecular weight is 207 g/mol. The molecule has 2 heterocycles. The minimum Gasteiger partial charge on any atom is -0.394 e. The Morgan fingerprint density at radius 3 is 3.13 bits per heavy atom. The predicted molar refractivity (Wildman–Crippen MR) is 53.2 cm³/mol. The average Bonchev–Trinajstić information content (AvgIpc) is 2.77. The molecule has 1 fully saturated rings. The van der Waals surface area contributed by atoms with Crippen LogP contribution in [0.3, 0.4) is 0 Å². The molecule has 0 saturated carbocycles. The molecule has 0 aromatic carbocycles. The van der Waals surface area contributed by atoms with Gasteiger partial charge in [-0.3, -0.25) is 9.78 Å². The first-order valence-corrected chi connectivity index (χ1v) is 5.01. The number of amides is 1. The van der Waals surface area contributed by atoms with Gasteiger partial charge in [-0.1, -0.05) is 0 Å². The summed E-state index contributed by atoms with van der Waals surface area (Å²) >= 11 is 0. The third-order valence-electron chi connectivity index (χ3n) is 2.63. The fraction of sp³-hybridized carbons (Fsp3) is 0.500. The molecular weight excluding hydrogens is 194 g/mol. The summed E-state index contributed by atoms with van der Waals surface area (Å²) in [5, 5.41) is 9.10. The van der Waals surface area contributed by atoms with E-state index >= 15 is 0 Å². The molecule has 1 saturated heterocycles. The van der Waals surface area contributed by atoms with Crippen molar-refractivity contribution in [2.75, 3.05) is 13.2 Å². The Labute approximate surface area is 87.8 Å². The lowest BCUT2D eigenvalue weighted by molar-refractivity contribution is 0.0671. The first-order chi connectivity index (χ1) is 7.33. The van der Waals surface area contributed by atoms with Gasteiger partial charge in [-0.15, -0.1) is 0 Å². The Morgan fingerprint density at radius 1 is 1.60 bits per heavy atom. The molecule has 1 aromatic heterocycles. The van der Waals surface area contributed by atoms with Crippen molar-refractivity contribution >= 4 is 5.91 Å². The lowest BCUT2D eigenvalue weighted by Crippen LogP contribution is -2.38. The van der Waals surface area contributed by atoms with Crippen LogP contribution < -0.4 is 0 Å². The van der Waals surface area contributed by atoms with Crippen molar-refractivity contribution in [3.05, 3.63) is 24.3 Å². The van der Waals surface area contributed by atoms with Gasteiger partial charge in [0.15, 0.2) is 0 Å². The Balaban J connectivity index is 2.14. The predicted octanol–water partition coefficient (Wildman–Crippen LogP) is 0.0735. The molecule has 0 radical (unpaired) electrons. The van der Waals surface area contributed by atoms with E-state index in [4.69, 9.17) is 5.11 Å². The first-order valence-electron chi connectivity index (χ1n) is 5.01. The van der Waals surface area contributed by atoms with Gasteiger partial charge >= 0.3 is 0 Å². The fourth-order valence-corrected chi connectivity index (χ4v) is 1.85. The van der Waals surface area contributed by atoms with Crippen LogP contribution in [-0.2, 0) is 0 Å². The molecule has 0 aliphatic carbocycles. The lowest BCUT2D eigenvalue weighted by atomic mass is 10.2. The highest BCUT2D eigenvalue weighted by Gasteiger charge is 2.29. The molecule has 0 spiro atoms. The van der Waals surface area contributed by atoms with E-state index in [-0.39, 0.29) is 18.6 Å². The van der Waals surface area contributed by atoms with Crippen LogP contribution in [0.25, 0.3) is 0 Å². The smallest absolute Gasteiger partial charge is 0.274 e. The molecule has 1 aliphatic rings. The number of aliphatic hydroxyl groups excluding tert-OH is 1. The summed E-state index contributed by atoms with van der Waals surface area (Å²) in [6.07, 6.45) is 6.29. The van der Waals surface area contributed by atoms with Crippen molar-refractivity contribution < 1.29 is 9.90 Å². The zero-order chi connectivity index (χ0) is 10.7. The maximum absolute atomic E-state index is 11.9. The molecule has 1 aliphatic heterocycles. The molecule has 5 heteroatoms. The van der Waals surface area contributed by atoms with Gasteiger partial charge in [-0.05, 0) is 12.8 Å². The van der Waals surface area contributed by atoms with E-state index in [0.717, 1.165) is 12.8 Å². The van der Waals surface area contributed by atoms with Gasteiger partial charge < -0.3 is 10.0 Å². The second-order valence-corrected chi connectivity index (χ2v) is 3.57. The monoisotopic (exact) mass is 207 g/mol. The maximum Gasteiger partial charge on any atom is 0.274 e. The third kappa shape index (κ3) is 1.97. The van der Waals surface area contributed by atoms with E-state index in [1.807, 2.05) is 0 Å². The van der Waals surface area contributed by atoms with Crippen LogP contribution in [0.1, 0.15) is 23.3 Å². The molecule has 2 rings (SSSR count). The van der Waals surface area contributed by atoms with Crippen molar-refractivity contribution in [2.24, 2.45) is 0 Å². The van der Waals surface area contributed by atoms with Crippen LogP contribution in [0.5, 0.6) is 0 Å². The molecule has 5 nitrogen and oxygen atoms in total. The quantitative estimate of drug-likeness (QED) is 0.745. The van der Waals surface area contributed by atoms with E-state index in [0.29, 0.717) is 12.2 Å². The second kappa shape index (κ2) is 4.35. The van der Waals surface area contributed by atoms with Gasteiger partial charge in [0.2, 0.25) is 0 Å². The summed E-state index contributed by atoms with van der Waals surface area (Å²) in [4.78, 5) is 21.4. The van der Waals surface area contributed by atoms with Gasteiger partial charge in [0.25, 0.3) is 5.91 Å². The highest BCUT2D eigenvalue weighted by atomic mass is 16.3. The highest BCUT2D eigenvalue weighted by Crippen LogP contribution is 2.18. The number of rotatable bonds is 2. The van der Waals surface area contributed by atoms with Gasteiger partial charge in [0.1, 0.15) is 5.69 Å². The van der Waals surface area contributed by atoms with Crippen LogP contribution in [0.2, 0.25) is 0 Å². The zero-order valence-electron chi connectivity index (χ0n) is 8.33. The fourth-order valence-electron chi connectivity index (χ4n) is 1.85. The summed E-state index contributed by atoms with van der Waals surface area (Å²) in [6, 6.07) is -0.0560. The second-order valence-electron chi connectivity index (χ2n) is 3.57. The van der Waals surface area contributed by atoms with Crippen LogP contribution in [-0.4, -0.2) is 45.1 Å². The number of carbonyl (C=O) groups is 1. The normalized spacial score (nSPS) is 20.6. The number of aromatic nitrogens is 2. The summed E-state index contributed by atoms with van der Waals surface area (Å²) in [7, 11) is 0. The number of hydrogen-bond donors (Lipinski definition) is 1. The van der Waals surface area contributed by atoms with Crippen LogP contribution in [0.15, 0.2) is 18.6 Å². The Hall–Kier alpha value is -1.49. The van der Waals surface area contributed by atoms with Crippen molar-refractivity contribution in [1.82, 2.24) is 14.9 Å². The summed E-state index contributed by atoms with van der Waals surface area (Å²) < 4.78 is 0. The van der Waals surface area contributed by atoms with E-state index < -0.39 is 0 Å². The molecule has 0 unspecified atom stereocenters.